The topological polar surface area (TPSA) is 49.8 Å². The number of ether oxygens (including phenoxy) is 1. The molecule has 1 heterocycles. The molecule has 0 unspecified atom stereocenters. The molecule has 17 heavy (non-hydrogen) atoms. The lowest BCUT2D eigenvalue weighted by Gasteiger charge is -2.45. The maximum Gasteiger partial charge on any atom is 0.410 e. The van der Waals surface area contributed by atoms with E-state index in [1.807, 2.05) is 0 Å². The molecule has 0 aromatic heterocycles. The highest BCUT2D eigenvalue weighted by atomic mass is 16.5. The van der Waals surface area contributed by atoms with E-state index in [0.29, 0.717) is 18.4 Å². The van der Waals surface area contributed by atoms with Gasteiger partial charge >= 0.3 is 6.09 Å². The minimum Gasteiger partial charge on any atom is -0.511 e. The Morgan fingerprint density at radius 2 is 2.00 bits per heavy atom. The normalized spacial score (nSPS) is 32.8. The average Bonchev–Trinajstić information content (AvgIpc) is 2.36. The first-order valence-electron chi connectivity index (χ1n) is 6.35. The molecule has 3 atom stereocenters. The van der Waals surface area contributed by atoms with Crippen LogP contribution in [0.5, 0.6) is 0 Å². The summed E-state index contributed by atoms with van der Waals surface area (Å²) in [5, 5.41) is 9.64. The van der Waals surface area contributed by atoms with Crippen LogP contribution in [0.3, 0.4) is 0 Å². The van der Waals surface area contributed by atoms with Crippen LogP contribution in [0.1, 0.15) is 32.1 Å². The molecule has 0 radical (unpaired) electrons. The SMILES string of the molecule is C=C(O)[C@@H]1C[C@H]2CCCC[C@H]2CN1C(=O)OC. The van der Waals surface area contributed by atoms with Crippen molar-refractivity contribution in [3.05, 3.63) is 12.3 Å². The molecule has 0 bridgehead atoms. The molecule has 0 spiro atoms. The number of hydrogen-bond donors (Lipinski definition) is 1. The van der Waals surface area contributed by atoms with E-state index in [1.165, 1.54) is 32.8 Å². The van der Waals surface area contributed by atoms with Gasteiger partial charge in [0.25, 0.3) is 0 Å². The molecular formula is C13H21NO3. The number of amides is 1. The van der Waals surface area contributed by atoms with Gasteiger partial charge in [-0.25, -0.2) is 4.79 Å². The summed E-state index contributed by atoms with van der Waals surface area (Å²) in [6, 6.07) is -0.262. The molecule has 0 aromatic carbocycles. The van der Waals surface area contributed by atoms with Crippen LogP contribution in [-0.2, 0) is 4.74 Å². The number of likely N-dealkylation sites (tertiary alicyclic amines) is 1. The van der Waals surface area contributed by atoms with Crippen molar-refractivity contribution in [3.63, 3.8) is 0 Å². The average molecular weight is 239 g/mol. The molecule has 1 amide bonds. The molecule has 2 rings (SSSR count). The number of hydrogen-bond acceptors (Lipinski definition) is 3. The third-order valence-electron chi connectivity index (χ3n) is 4.19. The molecule has 1 aliphatic carbocycles. The Morgan fingerprint density at radius 3 is 2.59 bits per heavy atom. The van der Waals surface area contributed by atoms with Gasteiger partial charge in [-0.1, -0.05) is 25.8 Å². The monoisotopic (exact) mass is 239 g/mol. The molecule has 1 aliphatic heterocycles. The lowest BCUT2D eigenvalue weighted by molar-refractivity contribution is 0.0315. The first-order valence-corrected chi connectivity index (χ1v) is 6.35. The van der Waals surface area contributed by atoms with Gasteiger partial charge < -0.3 is 9.84 Å². The third-order valence-corrected chi connectivity index (χ3v) is 4.19. The Morgan fingerprint density at radius 1 is 1.35 bits per heavy atom. The number of fused-ring (bicyclic) bond motifs is 1. The predicted octanol–water partition coefficient (Wildman–Crippen LogP) is 2.71. The minimum atomic E-state index is -0.353. The number of nitrogens with zero attached hydrogens (tertiary/aromatic N) is 1. The summed E-state index contributed by atoms with van der Waals surface area (Å²) >= 11 is 0. The Labute approximate surface area is 102 Å². The van der Waals surface area contributed by atoms with Crippen LogP contribution in [0.4, 0.5) is 4.79 Å². The van der Waals surface area contributed by atoms with E-state index in [0.717, 1.165) is 6.42 Å². The van der Waals surface area contributed by atoms with Crippen LogP contribution < -0.4 is 0 Å². The second-order valence-electron chi connectivity index (χ2n) is 5.17. The highest BCUT2D eigenvalue weighted by molar-refractivity contribution is 5.68. The Bertz CT molecular complexity index is 316. The fourth-order valence-electron chi connectivity index (χ4n) is 3.26. The third kappa shape index (κ3) is 2.40. The van der Waals surface area contributed by atoms with Crippen molar-refractivity contribution in [3.8, 4) is 0 Å². The number of aliphatic hydroxyl groups excluding tert-OH is 1. The van der Waals surface area contributed by atoms with Crippen molar-refractivity contribution in [1.29, 1.82) is 0 Å². The molecular weight excluding hydrogens is 218 g/mol. The zero-order chi connectivity index (χ0) is 12.4. The number of piperidine rings is 1. The van der Waals surface area contributed by atoms with E-state index in [2.05, 4.69) is 6.58 Å². The smallest absolute Gasteiger partial charge is 0.410 e. The van der Waals surface area contributed by atoms with Crippen molar-refractivity contribution in [2.24, 2.45) is 11.8 Å². The summed E-state index contributed by atoms with van der Waals surface area (Å²) in [4.78, 5) is 13.3. The first-order chi connectivity index (χ1) is 8.13. The van der Waals surface area contributed by atoms with Crippen molar-refractivity contribution < 1.29 is 14.6 Å². The molecule has 0 aromatic rings. The van der Waals surface area contributed by atoms with Gasteiger partial charge in [0.2, 0.25) is 0 Å². The summed E-state index contributed by atoms with van der Waals surface area (Å²) in [5.41, 5.74) is 0. The molecule has 4 heteroatoms. The van der Waals surface area contributed by atoms with E-state index in [-0.39, 0.29) is 17.9 Å². The lowest BCUT2D eigenvalue weighted by Crippen LogP contribution is -2.51. The number of methoxy groups -OCH3 is 1. The maximum absolute atomic E-state index is 11.7. The largest absolute Gasteiger partial charge is 0.511 e. The lowest BCUT2D eigenvalue weighted by atomic mass is 9.73. The van der Waals surface area contributed by atoms with Gasteiger partial charge in [-0.05, 0) is 24.7 Å². The van der Waals surface area contributed by atoms with Gasteiger partial charge in [0.15, 0.2) is 0 Å². The van der Waals surface area contributed by atoms with Crippen molar-refractivity contribution in [2.75, 3.05) is 13.7 Å². The molecule has 2 fully saturated rings. The van der Waals surface area contributed by atoms with E-state index >= 15 is 0 Å². The van der Waals surface area contributed by atoms with Crippen molar-refractivity contribution in [1.82, 2.24) is 4.90 Å². The van der Waals surface area contributed by atoms with Crippen LogP contribution in [0, 0.1) is 11.8 Å². The zero-order valence-electron chi connectivity index (χ0n) is 10.4. The minimum absolute atomic E-state index is 0.0828. The van der Waals surface area contributed by atoms with Gasteiger partial charge in [-0.15, -0.1) is 0 Å². The summed E-state index contributed by atoms with van der Waals surface area (Å²) in [6.07, 6.45) is 5.39. The first kappa shape index (κ1) is 12.3. The predicted molar refractivity (Wildman–Crippen MR) is 64.7 cm³/mol. The summed E-state index contributed by atoms with van der Waals surface area (Å²) in [6.45, 7) is 4.29. The molecule has 1 saturated heterocycles. The summed E-state index contributed by atoms with van der Waals surface area (Å²) < 4.78 is 4.78. The molecule has 2 aliphatic rings. The van der Waals surface area contributed by atoms with Crippen molar-refractivity contribution in [2.45, 2.75) is 38.1 Å². The summed E-state index contributed by atoms with van der Waals surface area (Å²) in [5.74, 6) is 1.27. The van der Waals surface area contributed by atoms with Crippen LogP contribution in [0.25, 0.3) is 0 Å². The highest BCUT2D eigenvalue weighted by Crippen LogP contribution is 2.39. The molecule has 1 saturated carbocycles. The van der Waals surface area contributed by atoms with E-state index < -0.39 is 0 Å². The summed E-state index contributed by atoms with van der Waals surface area (Å²) in [7, 11) is 1.38. The number of carbonyl (C=O) groups is 1. The fraction of sp³-hybridized carbons (Fsp3) is 0.769. The van der Waals surface area contributed by atoms with E-state index in [4.69, 9.17) is 4.74 Å². The van der Waals surface area contributed by atoms with E-state index in [9.17, 15) is 9.90 Å². The van der Waals surface area contributed by atoms with Gasteiger partial charge in [0, 0.05) is 6.54 Å². The Kier molecular flexibility index (Phi) is 3.60. The van der Waals surface area contributed by atoms with Crippen molar-refractivity contribution >= 4 is 6.09 Å². The van der Waals surface area contributed by atoms with Crippen LogP contribution in [0.15, 0.2) is 12.3 Å². The van der Waals surface area contributed by atoms with Gasteiger partial charge in [0.05, 0.1) is 13.2 Å². The number of rotatable bonds is 1. The Hall–Kier alpha value is -1.19. The molecule has 96 valence electrons. The van der Waals surface area contributed by atoms with Gasteiger partial charge in [-0.2, -0.15) is 0 Å². The van der Waals surface area contributed by atoms with Gasteiger partial charge in [0.1, 0.15) is 5.76 Å². The second-order valence-corrected chi connectivity index (χ2v) is 5.17. The molecule has 4 nitrogen and oxygen atoms in total. The number of carbonyl (C=O) groups excluding carboxylic acids is 1. The quantitative estimate of drug-likeness (QED) is 0.716. The fourth-order valence-corrected chi connectivity index (χ4v) is 3.26. The number of aliphatic hydroxyl groups is 1. The standard InChI is InChI=1S/C13H21NO3/c1-9(15)12-7-10-5-3-4-6-11(10)8-14(12)13(16)17-2/h10-12,15H,1,3-8H2,2H3/t10-,11+,12+/m1/s1. The van der Waals surface area contributed by atoms with E-state index in [1.54, 1.807) is 4.90 Å². The molecule has 1 N–H and O–H groups in total. The van der Waals surface area contributed by atoms with Crippen LogP contribution >= 0.6 is 0 Å². The maximum atomic E-state index is 11.7. The highest BCUT2D eigenvalue weighted by Gasteiger charge is 2.40. The van der Waals surface area contributed by atoms with Gasteiger partial charge in [-0.3, -0.25) is 4.90 Å². The Balaban J connectivity index is 2.13. The van der Waals surface area contributed by atoms with Crippen LogP contribution in [0.2, 0.25) is 0 Å². The zero-order valence-corrected chi connectivity index (χ0v) is 10.4. The second kappa shape index (κ2) is 4.98. The van der Waals surface area contributed by atoms with Crippen LogP contribution in [-0.4, -0.2) is 35.8 Å².